The van der Waals surface area contributed by atoms with E-state index in [4.69, 9.17) is 0 Å². The van der Waals surface area contributed by atoms with E-state index in [0.29, 0.717) is 11.9 Å². The van der Waals surface area contributed by atoms with Crippen LogP contribution in [0.25, 0.3) is 0 Å². The molecule has 2 fully saturated rings. The van der Waals surface area contributed by atoms with Crippen LogP contribution < -0.4 is 5.32 Å². The topological polar surface area (TPSA) is 32.3 Å². The van der Waals surface area contributed by atoms with E-state index in [2.05, 4.69) is 24.1 Å². The van der Waals surface area contributed by atoms with Crippen molar-refractivity contribution in [3.63, 3.8) is 0 Å². The molecule has 0 aromatic heterocycles. The van der Waals surface area contributed by atoms with Crippen LogP contribution in [0.15, 0.2) is 0 Å². The van der Waals surface area contributed by atoms with Gasteiger partial charge in [-0.2, -0.15) is 0 Å². The van der Waals surface area contributed by atoms with Crippen LogP contribution in [0.2, 0.25) is 0 Å². The number of likely N-dealkylation sites (tertiary alicyclic amines) is 1. The fourth-order valence-corrected chi connectivity index (χ4v) is 2.88. The summed E-state index contributed by atoms with van der Waals surface area (Å²) in [6.45, 7) is 7.53. The Bertz CT molecular complexity index is 242. The minimum absolute atomic E-state index is 0.0103. The smallest absolute Gasteiger partial charge is 0.226 e. The number of carbonyl (C=O) groups is 1. The molecule has 15 heavy (non-hydrogen) atoms. The van der Waals surface area contributed by atoms with E-state index in [1.807, 2.05) is 0 Å². The van der Waals surface area contributed by atoms with Crippen molar-refractivity contribution in [1.29, 1.82) is 0 Å². The molecule has 3 heteroatoms. The molecular formula is C12H22N2O. The lowest BCUT2D eigenvalue weighted by Crippen LogP contribution is -2.52. The van der Waals surface area contributed by atoms with Crippen LogP contribution in [-0.4, -0.2) is 36.5 Å². The van der Waals surface area contributed by atoms with E-state index in [1.165, 1.54) is 0 Å². The van der Waals surface area contributed by atoms with Crippen LogP contribution in [0, 0.1) is 5.41 Å². The molecule has 0 saturated carbocycles. The fraction of sp³-hybridized carbons (Fsp3) is 0.917. The van der Waals surface area contributed by atoms with Crippen LogP contribution in [-0.2, 0) is 4.79 Å². The van der Waals surface area contributed by atoms with Crippen molar-refractivity contribution in [2.45, 2.75) is 45.6 Å². The Morgan fingerprint density at radius 3 is 2.47 bits per heavy atom. The molecule has 0 radical (unpaired) electrons. The zero-order chi connectivity index (χ0) is 10.9. The molecule has 3 nitrogen and oxygen atoms in total. The van der Waals surface area contributed by atoms with E-state index < -0.39 is 0 Å². The third-order valence-electron chi connectivity index (χ3n) is 4.08. The summed E-state index contributed by atoms with van der Waals surface area (Å²) in [5.41, 5.74) is -0.0103. The summed E-state index contributed by atoms with van der Waals surface area (Å²) in [4.78, 5) is 14.4. The van der Waals surface area contributed by atoms with Gasteiger partial charge in [-0.15, -0.1) is 0 Å². The van der Waals surface area contributed by atoms with Crippen LogP contribution in [0.4, 0.5) is 0 Å². The van der Waals surface area contributed by atoms with Gasteiger partial charge < -0.3 is 10.2 Å². The molecule has 1 amide bonds. The molecule has 2 saturated heterocycles. The molecular weight excluding hydrogens is 188 g/mol. The van der Waals surface area contributed by atoms with Crippen LogP contribution in [0.3, 0.4) is 0 Å². The number of hydrogen-bond donors (Lipinski definition) is 1. The van der Waals surface area contributed by atoms with Crippen molar-refractivity contribution >= 4 is 5.91 Å². The van der Waals surface area contributed by atoms with Crippen LogP contribution in [0.1, 0.15) is 39.5 Å². The van der Waals surface area contributed by atoms with Crippen LogP contribution >= 0.6 is 0 Å². The third-order valence-corrected chi connectivity index (χ3v) is 4.08. The van der Waals surface area contributed by atoms with Crippen molar-refractivity contribution in [2.75, 3.05) is 19.6 Å². The van der Waals surface area contributed by atoms with Gasteiger partial charge in [0.05, 0.1) is 5.41 Å². The number of nitrogens with zero attached hydrogens (tertiary/aromatic N) is 1. The Labute approximate surface area is 92.2 Å². The standard InChI is InChI=1S/C12H22N2O/c1-10(2)14-8-5-12(6-9-14)4-3-7-13-11(12)15/h10H,3-9H2,1-2H3,(H,13,15). The lowest BCUT2D eigenvalue weighted by molar-refractivity contribution is -0.137. The van der Waals surface area contributed by atoms with Gasteiger partial charge in [0.25, 0.3) is 0 Å². The Morgan fingerprint density at radius 1 is 1.27 bits per heavy atom. The van der Waals surface area contributed by atoms with Crippen LogP contribution in [0.5, 0.6) is 0 Å². The van der Waals surface area contributed by atoms with E-state index in [-0.39, 0.29) is 5.41 Å². The first-order valence-corrected chi connectivity index (χ1v) is 6.16. The van der Waals surface area contributed by atoms with Gasteiger partial charge in [-0.1, -0.05) is 0 Å². The molecule has 1 spiro atoms. The summed E-state index contributed by atoms with van der Waals surface area (Å²) >= 11 is 0. The van der Waals surface area contributed by atoms with Gasteiger partial charge in [0.15, 0.2) is 0 Å². The highest BCUT2D eigenvalue weighted by molar-refractivity contribution is 5.83. The second-order valence-corrected chi connectivity index (χ2v) is 5.27. The number of piperidine rings is 2. The van der Waals surface area contributed by atoms with Gasteiger partial charge in [-0.3, -0.25) is 4.79 Å². The minimum Gasteiger partial charge on any atom is -0.356 e. The highest BCUT2D eigenvalue weighted by Crippen LogP contribution is 2.38. The molecule has 0 aliphatic carbocycles. The largest absolute Gasteiger partial charge is 0.356 e. The SMILES string of the molecule is CC(C)N1CCC2(CCCNC2=O)CC1. The monoisotopic (exact) mass is 210 g/mol. The maximum absolute atomic E-state index is 11.9. The second kappa shape index (κ2) is 4.12. The molecule has 0 aromatic carbocycles. The molecule has 0 aromatic rings. The Hall–Kier alpha value is -0.570. The highest BCUT2D eigenvalue weighted by Gasteiger charge is 2.42. The molecule has 0 bridgehead atoms. The van der Waals surface area contributed by atoms with E-state index in [0.717, 1.165) is 45.3 Å². The molecule has 0 atom stereocenters. The van der Waals surface area contributed by atoms with Gasteiger partial charge >= 0.3 is 0 Å². The average Bonchev–Trinajstić information content (AvgIpc) is 2.23. The summed E-state index contributed by atoms with van der Waals surface area (Å²) < 4.78 is 0. The Balaban J connectivity index is 1.98. The summed E-state index contributed by atoms with van der Waals surface area (Å²) in [5.74, 6) is 0.317. The lowest BCUT2D eigenvalue weighted by Gasteiger charge is -2.44. The molecule has 2 heterocycles. The Kier molecular flexibility index (Phi) is 3.01. The maximum atomic E-state index is 11.9. The van der Waals surface area contributed by atoms with Gasteiger partial charge in [0.2, 0.25) is 5.91 Å². The molecule has 1 N–H and O–H groups in total. The molecule has 2 rings (SSSR count). The zero-order valence-electron chi connectivity index (χ0n) is 9.88. The predicted molar refractivity (Wildman–Crippen MR) is 60.6 cm³/mol. The Morgan fingerprint density at radius 2 is 1.93 bits per heavy atom. The van der Waals surface area contributed by atoms with Gasteiger partial charge in [0, 0.05) is 12.6 Å². The number of hydrogen-bond acceptors (Lipinski definition) is 2. The van der Waals surface area contributed by atoms with Crippen molar-refractivity contribution in [1.82, 2.24) is 10.2 Å². The van der Waals surface area contributed by atoms with E-state index in [9.17, 15) is 4.79 Å². The van der Waals surface area contributed by atoms with E-state index >= 15 is 0 Å². The summed E-state index contributed by atoms with van der Waals surface area (Å²) in [6, 6.07) is 0.619. The van der Waals surface area contributed by atoms with Gasteiger partial charge in [-0.05, 0) is 52.6 Å². The van der Waals surface area contributed by atoms with Gasteiger partial charge in [-0.25, -0.2) is 0 Å². The first kappa shape index (κ1) is 10.9. The number of carbonyl (C=O) groups excluding carboxylic acids is 1. The average molecular weight is 210 g/mol. The minimum atomic E-state index is -0.0103. The van der Waals surface area contributed by atoms with Crippen molar-refractivity contribution in [2.24, 2.45) is 5.41 Å². The zero-order valence-corrected chi connectivity index (χ0v) is 9.88. The van der Waals surface area contributed by atoms with Crippen molar-refractivity contribution < 1.29 is 4.79 Å². The summed E-state index contributed by atoms with van der Waals surface area (Å²) in [6.07, 6.45) is 4.37. The third kappa shape index (κ3) is 2.03. The first-order valence-electron chi connectivity index (χ1n) is 6.16. The lowest BCUT2D eigenvalue weighted by atomic mass is 9.72. The summed E-state index contributed by atoms with van der Waals surface area (Å²) in [5, 5.41) is 3.03. The molecule has 2 aliphatic rings. The normalized spacial score (nSPS) is 27.0. The number of nitrogens with one attached hydrogen (secondary N) is 1. The first-order chi connectivity index (χ1) is 7.14. The molecule has 86 valence electrons. The fourth-order valence-electron chi connectivity index (χ4n) is 2.88. The number of rotatable bonds is 1. The maximum Gasteiger partial charge on any atom is 0.226 e. The van der Waals surface area contributed by atoms with E-state index in [1.54, 1.807) is 0 Å². The quantitative estimate of drug-likeness (QED) is 0.709. The van der Waals surface area contributed by atoms with Crippen molar-refractivity contribution in [3.05, 3.63) is 0 Å². The second-order valence-electron chi connectivity index (χ2n) is 5.27. The highest BCUT2D eigenvalue weighted by atomic mass is 16.2. The number of amides is 1. The summed E-state index contributed by atoms with van der Waals surface area (Å²) in [7, 11) is 0. The van der Waals surface area contributed by atoms with Crippen molar-refractivity contribution in [3.8, 4) is 0 Å². The molecule has 2 aliphatic heterocycles. The van der Waals surface area contributed by atoms with Gasteiger partial charge in [0.1, 0.15) is 0 Å². The predicted octanol–water partition coefficient (Wildman–Crippen LogP) is 1.39. The molecule has 0 unspecified atom stereocenters.